The maximum atomic E-state index is 11.0. The number of carbonyl (C=O) groups excluding carboxylic acids is 1. The Morgan fingerprint density at radius 2 is 2.21 bits per heavy atom. The van der Waals surface area contributed by atoms with Gasteiger partial charge in [-0.3, -0.25) is 4.79 Å². The first-order valence-electron chi connectivity index (χ1n) is 5.50. The fourth-order valence-corrected chi connectivity index (χ4v) is 2.25. The summed E-state index contributed by atoms with van der Waals surface area (Å²) in [7, 11) is 1.60. The standard InChI is InChI=1S/C12H13N3O3S/c1-7(10(13)16)11-14-8-3-4-9(15-12(8)19-11)18-6-5-17-2/h3-4H,1,5-6H2,2H3,(H2,13,16). The number of hydrogen-bond acceptors (Lipinski definition) is 6. The van der Waals surface area contributed by atoms with Crippen molar-refractivity contribution in [2.45, 2.75) is 0 Å². The summed E-state index contributed by atoms with van der Waals surface area (Å²) in [5.41, 5.74) is 6.04. The molecule has 0 unspecified atom stereocenters. The van der Waals surface area contributed by atoms with Crippen molar-refractivity contribution in [3.8, 4) is 5.88 Å². The molecule has 0 saturated heterocycles. The smallest absolute Gasteiger partial charge is 0.251 e. The molecule has 0 aliphatic heterocycles. The molecule has 2 aromatic heterocycles. The summed E-state index contributed by atoms with van der Waals surface area (Å²) < 4.78 is 10.3. The number of hydrogen-bond donors (Lipinski definition) is 1. The highest BCUT2D eigenvalue weighted by Gasteiger charge is 2.12. The van der Waals surface area contributed by atoms with Gasteiger partial charge < -0.3 is 15.2 Å². The van der Waals surface area contributed by atoms with E-state index in [-0.39, 0.29) is 5.57 Å². The molecule has 19 heavy (non-hydrogen) atoms. The summed E-state index contributed by atoms with van der Waals surface area (Å²) in [6.07, 6.45) is 0. The van der Waals surface area contributed by atoms with Gasteiger partial charge in [-0.15, -0.1) is 0 Å². The lowest BCUT2D eigenvalue weighted by Gasteiger charge is -2.03. The zero-order valence-electron chi connectivity index (χ0n) is 10.4. The van der Waals surface area contributed by atoms with E-state index in [4.69, 9.17) is 15.2 Å². The van der Waals surface area contributed by atoms with Crippen molar-refractivity contribution in [1.29, 1.82) is 0 Å². The summed E-state index contributed by atoms with van der Waals surface area (Å²) in [5.74, 6) is -0.0972. The quantitative estimate of drug-likeness (QED) is 0.634. The number of pyridine rings is 1. The number of rotatable bonds is 6. The van der Waals surface area contributed by atoms with Crippen molar-refractivity contribution < 1.29 is 14.3 Å². The van der Waals surface area contributed by atoms with Gasteiger partial charge in [0.05, 0.1) is 12.2 Å². The molecule has 0 atom stereocenters. The third kappa shape index (κ3) is 3.07. The number of carbonyl (C=O) groups is 1. The third-order valence-electron chi connectivity index (χ3n) is 2.32. The molecule has 0 spiro atoms. The van der Waals surface area contributed by atoms with Crippen LogP contribution >= 0.6 is 11.3 Å². The fraction of sp³-hybridized carbons (Fsp3) is 0.250. The maximum Gasteiger partial charge on any atom is 0.251 e. The fourth-order valence-electron chi connectivity index (χ4n) is 1.34. The maximum absolute atomic E-state index is 11.0. The Morgan fingerprint density at radius 3 is 2.89 bits per heavy atom. The molecule has 0 bridgehead atoms. The van der Waals surface area contributed by atoms with Crippen LogP contribution in [-0.2, 0) is 9.53 Å². The van der Waals surface area contributed by atoms with Gasteiger partial charge >= 0.3 is 0 Å². The predicted octanol–water partition coefficient (Wildman–Crippen LogP) is 1.21. The summed E-state index contributed by atoms with van der Waals surface area (Å²) in [4.78, 5) is 20.3. The Balaban J connectivity index is 2.23. The first-order valence-corrected chi connectivity index (χ1v) is 6.32. The van der Waals surface area contributed by atoms with Crippen LogP contribution in [0.25, 0.3) is 15.9 Å². The Bertz CT molecular complexity index is 624. The van der Waals surface area contributed by atoms with Crippen molar-refractivity contribution >= 4 is 33.2 Å². The van der Waals surface area contributed by atoms with E-state index in [0.29, 0.717) is 34.4 Å². The van der Waals surface area contributed by atoms with E-state index in [1.807, 2.05) is 0 Å². The number of primary amides is 1. The van der Waals surface area contributed by atoms with Gasteiger partial charge in [-0.2, -0.15) is 0 Å². The number of amides is 1. The van der Waals surface area contributed by atoms with Crippen molar-refractivity contribution in [2.24, 2.45) is 5.73 Å². The summed E-state index contributed by atoms with van der Waals surface area (Å²) in [6.45, 7) is 4.52. The van der Waals surface area contributed by atoms with E-state index in [1.54, 1.807) is 19.2 Å². The zero-order chi connectivity index (χ0) is 13.8. The topological polar surface area (TPSA) is 87.3 Å². The van der Waals surface area contributed by atoms with Crippen LogP contribution in [0.5, 0.6) is 5.88 Å². The molecule has 0 saturated carbocycles. The normalized spacial score (nSPS) is 10.6. The highest BCUT2D eigenvalue weighted by atomic mass is 32.1. The second kappa shape index (κ2) is 5.77. The molecule has 0 fully saturated rings. The summed E-state index contributed by atoms with van der Waals surface area (Å²) >= 11 is 1.25. The molecular formula is C12H13N3O3S. The summed E-state index contributed by atoms with van der Waals surface area (Å²) in [6, 6.07) is 3.49. The van der Waals surface area contributed by atoms with E-state index in [9.17, 15) is 4.79 Å². The van der Waals surface area contributed by atoms with Gasteiger partial charge in [-0.25, -0.2) is 9.97 Å². The van der Waals surface area contributed by atoms with Crippen molar-refractivity contribution in [3.05, 3.63) is 23.7 Å². The number of methoxy groups -OCH3 is 1. The Hall–Kier alpha value is -1.99. The van der Waals surface area contributed by atoms with Gasteiger partial charge in [0.25, 0.3) is 5.91 Å². The van der Waals surface area contributed by atoms with Crippen LogP contribution in [0, 0.1) is 0 Å². The third-order valence-corrected chi connectivity index (χ3v) is 3.35. The lowest BCUT2D eigenvalue weighted by Crippen LogP contribution is -2.11. The first kappa shape index (κ1) is 13.4. The molecule has 1 amide bonds. The minimum atomic E-state index is -0.587. The molecular weight excluding hydrogens is 266 g/mol. The van der Waals surface area contributed by atoms with Crippen LogP contribution in [0.15, 0.2) is 18.7 Å². The Kier molecular flexibility index (Phi) is 4.08. The van der Waals surface area contributed by atoms with Crippen molar-refractivity contribution in [1.82, 2.24) is 9.97 Å². The van der Waals surface area contributed by atoms with Gasteiger partial charge in [-0.1, -0.05) is 17.9 Å². The van der Waals surface area contributed by atoms with E-state index in [0.717, 1.165) is 0 Å². The van der Waals surface area contributed by atoms with Crippen LogP contribution in [0.2, 0.25) is 0 Å². The lowest BCUT2D eigenvalue weighted by molar-refractivity contribution is -0.112. The number of nitrogens with two attached hydrogens (primary N) is 1. The number of aromatic nitrogens is 2. The minimum absolute atomic E-state index is 0.185. The molecule has 2 aromatic rings. The van der Waals surface area contributed by atoms with Crippen molar-refractivity contribution in [3.63, 3.8) is 0 Å². The van der Waals surface area contributed by atoms with E-state index >= 15 is 0 Å². The van der Waals surface area contributed by atoms with Crippen molar-refractivity contribution in [2.75, 3.05) is 20.3 Å². The number of nitrogens with zero attached hydrogens (tertiary/aromatic N) is 2. The molecule has 2 N–H and O–H groups in total. The monoisotopic (exact) mass is 279 g/mol. The van der Waals surface area contributed by atoms with Gasteiger partial charge in [0.1, 0.15) is 22.0 Å². The highest BCUT2D eigenvalue weighted by molar-refractivity contribution is 7.19. The first-order chi connectivity index (χ1) is 9.11. The number of fused-ring (bicyclic) bond motifs is 1. The molecule has 2 heterocycles. The van der Waals surface area contributed by atoms with Crippen LogP contribution in [0.1, 0.15) is 5.01 Å². The molecule has 100 valence electrons. The molecule has 0 aromatic carbocycles. The van der Waals surface area contributed by atoms with Crippen LogP contribution < -0.4 is 10.5 Å². The van der Waals surface area contributed by atoms with Gasteiger partial charge in [0.2, 0.25) is 5.88 Å². The van der Waals surface area contributed by atoms with Gasteiger partial charge in [-0.05, 0) is 6.07 Å². The van der Waals surface area contributed by atoms with E-state index < -0.39 is 5.91 Å². The van der Waals surface area contributed by atoms with Crippen LogP contribution in [0.4, 0.5) is 0 Å². The Labute approximate surface area is 113 Å². The van der Waals surface area contributed by atoms with Gasteiger partial charge in [0, 0.05) is 13.2 Å². The average molecular weight is 279 g/mol. The number of thiazole rings is 1. The molecule has 0 aliphatic carbocycles. The second-order valence-electron chi connectivity index (χ2n) is 3.68. The second-order valence-corrected chi connectivity index (χ2v) is 4.65. The van der Waals surface area contributed by atoms with Gasteiger partial charge in [0.15, 0.2) is 0 Å². The minimum Gasteiger partial charge on any atom is -0.475 e. The predicted molar refractivity (Wildman–Crippen MR) is 73.0 cm³/mol. The largest absolute Gasteiger partial charge is 0.475 e. The molecule has 0 aliphatic rings. The molecule has 7 heteroatoms. The lowest BCUT2D eigenvalue weighted by atomic mass is 10.3. The summed E-state index contributed by atoms with van der Waals surface area (Å²) in [5, 5.41) is 0.476. The molecule has 2 rings (SSSR count). The average Bonchev–Trinajstić information content (AvgIpc) is 2.81. The zero-order valence-corrected chi connectivity index (χ0v) is 11.2. The molecule has 0 radical (unpaired) electrons. The highest BCUT2D eigenvalue weighted by Crippen LogP contribution is 2.26. The number of ether oxygens (including phenoxy) is 2. The van der Waals surface area contributed by atoms with E-state index in [1.165, 1.54) is 11.3 Å². The van der Waals surface area contributed by atoms with Crippen LogP contribution in [0.3, 0.4) is 0 Å². The Morgan fingerprint density at radius 1 is 1.42 bits per heavy atom. The molecule has 6 nitrogen and oxygen atoms in total. The van der Waals surface area contributed by atoms with E-state index in [2.05, 4.69) is 16.5 Å². The van der Waals surface area contributed by atoms with Crippen LogP contribution in [-0.4, -0.2) is 36.2 Å². The SMILES string of the molecule is C=C(C(N)=O)c1nc2ccc(OCCOC)nc2s1.